The van der Waals surface area contributed by atoms with E-state index in [1.807, 2.05) is 30.1 Å². The van der Waals surface area contributed by atoms with Crippen molar-refractivity contribution in [3.05, 3.63) is 77.0 Å². The van der Waals surface area contributed by atoms with Crippen molar-refractivity contribution in [3.8, 4) is 5.75 Å². The molecule has 0 bridgehead atoms. The zero-order valence-electron chi connectivity index (χ0n) is 22.3. The van der Waals surface area contributed by atoms with Crippen molar-refractivity contribution in [1.82, 2.24) is 19.9 Å². The topological polar surface area (TPSA) is 83.5 Å². The van der Waals surface area contributed by atoms with Gasteiger partial charge in [-0.1, -0.05) is 18.2 Å². The largest absolute Gasteiger partial charge is 0.496 e. The Morgan fingerprint density at radius 2 is 1.85 bits per heavy atom. The summed E-state index contributed by atoms with van der Waals surface area (Å²) >= 11 is 0. The van der Waals surface area contributed by atoms with Crippen molar-refractivity contribution < 1.29 is 22.7 Å². The van der Waals surface area contributed by atoms with Crippen LogP contribution in [-0.4, -0.2) is 54.0 Å². The quantitative estimate of drug-likeness (QED) is 0.304. The lowest BCUT2D eigenvalue weighted by Crippen LogP contribution is -2.24. The van der Waals surface area contributed by atoms with Crippen molar-refractivity contribution in [1.29, 1.82) is 0 Å². The van der Waals surface area contributed by atoms with Crippen molar-refractivity contribution in [3.63, 3.8) is 0 Å². The average molecular weight is 539 g/mol. The Morgan fingerprint density at radius 3 is 2.54 bits per heavy atom. The summed E-state index contributed by atoms with van der Waals surface area (Å²) in [6.07, 6.45) is -1.12. The maximum Gasteiger partial charge on any atom is 0.266 e. The molecule has 0 aliphatic carbocycles. The fourth-order valence-electron chi connectivity index (χ4n) is 4.07. The lowest BCUT2D eigenvalue weighted by Gasteiger charge is -2.21. The molecule has 39 heavy (non-hydrogen) atoms. The Kier molecular flexibility index (Phi) is 8.18. The third-order valence-corrected chi connectivity index (χ3v) is 6.30. The predicted molar refractivity (Wildman–Crippen MR) is 144 cm³/mol. The molecule has 0 atom stereocenters. The van der Waals surface area contributed by atoms with E-state index in [4.69, 9.17) is 4.74 Å². The van der Waals surface area contributed by atoms with Crippen LogP contribution in [0.2, 0.25) is 0 Å². The second kappa shape index (κ2) is 11.5. The number of halogens is 3. The molecule has 0 unspecified atom stereocenters. The van der Waals surface area contributed by atoms with Crippen LogP contribution in [0.4, 0.5) is 30.5 Å². The van der Waals surface area contributed by atoms with Crippen LogP contribution >= 0.6 is 0 Å². The van der Waals surface area contributed by atoms with Crippen LogP contribution in [0.25, 0.3) is 10.9 Å². The molecule has 4 rings (SSSR count). The number of amides is 1. The second-order valence-corrected chi connectivity index (χ2v) is 9.17. The van der Waals surface area contributed by atoms with Gasteiger partial charge in [0.1, 0.15) is 29.0 Å². The van der Waals surface area contributed by atoms with Crippen LogP contribution in [0.3, 0.4) is 0 Å². The Balaban J connectivity index is 1.64. The van der Waals surface area contributed by atoms with Gasteiger partial charge in [-0.25, -0.2) is 28.1 Å². The van der Waals surface area contributed by atoms with E-state index in [0.29, 0.717) is 39.7 Å². The summed E-state index contributed by atoms with van der Waals surface area (Å²) < 4.78 is 46.4. The molecule has 4 aromatic rings. The van der Waals surface area contributed by atoms with E-state index in [2.05, 4.69) is 20.3 Å². The average Bonchev–Trinajstić information content (AvgIpc) is 2.91. The molecule has 0 aliphatic heterocycles. The zero-order valence-corrected chi connectivity index (χ0v) is 22.3. The highest BCUT2D eigenvalue weighted by atomic mass is 19.3. The highest BCUT2D eigenvalue weighted by Gasteiger charge is 2.18. The normalized spacial score (nSPS) is 11.1. The monoisotopic (exact) mass is 538 g/mol. The summed E-state index contributed by atoms with van der Waals surface area (Å²) in [5.74, 6) is 1.06. The number of carbonyl (C=O) groups is 1. The van der Waals surface area contributed by atoms with Crippen molar-refractivity contribution in [2.75, 3.05) is 38.5 Å². The van der Waals surface area contributed by atoms with E-state index in [1.54, 1.807) is 33.3 Å². The number of nitrogens with one attached hydrogen (secondary N) is 1. The van der Waals surface area contributed by atoms with Crippen LogP contribution in [0, 0.1) is 12.7 Å². The molecule has 2 aromatic heterocycles. The summed E-state index contributed by atoms with van der Waals surface area (Å²) in [6.45, 7) is 1.70. The number of hydrogen-bond acceptors (Lipinski definition) is 7. The summed E-state index contributed by atoms with van der Waals surface area (Å²) in [4.78, 5) is 29.0. The van der Waals surface area contributed by atoms with Crippen LogP contribution in [0.1, 0.15) is 28.9 Å². The molecule has 11 heteroatoms. The van der Waals surface area contributed by atoms with Gasteiger partial charge in [0.2, 0.25) is 5.91 Å². The first-order valence-electron chi connectivity index (χ1n) is 12.1. The molecule has 204 valence electrons. The second-order valence-electron chi connectivity index (χ2n) is 9.17. The highest BCUT2D eigenvalue weighted by Crippen LogP contribution is 2.32. The smallest absolute Gasteiger partial charge is 0.266 e. The molecule has 0 saturated carbocycles. The number of aryl methyl sites for hydroxylation is 1. The number of hydrogen-bond donors (Lipinski definition) is 1. The number of likely N-dealkylation sites (N-methyl/N-ethyl adjacent to an activating group) is 1. The number of nitrogens with zero attached hydrogens (tertiary/aromatic N) is 5. The molecule has 0 saturated heterocycles. The number of aromatic nitrogens is 3. The number of anilines is 3. The fourth-order valence-corrected chi connectivity index (χ4v) is 4.07. The van der Waals surface area contributed by atoms with Crippen molar-refractivity contribution in [2.45, 2.75) is 26.3 Å². The molecule has 8 nitrogen and oxygen atoms in total. The first kappa shape index (κ1) is 27.6. The number of carbonyl (C=O) groups excluding carboxylic acids is 1. The van der Waals surface area contributed by atoms with Crippen LogP contribution < -0.4 is 15.0 Å². The molecule has 0 spiro atoms. The van der Waals surface area contributed by atoms with Gasteiger partial charge in [0.15, 0.2) is 0 Å². The number of rotatable bonds is 9. The van der Waals surface area contributed by atoms with Gasteiger partial charge < -0.3 is 19.9 Å². The first-order valence-corrected chi connectivity index (χ1v) is 12.1. The lowest BCUT2D eigenvalue weighted by atomic mass is 10.1. The van der Waals surface area contributed by atoms with Gasteiger partial charge in [-0.3, -0.25) is 4.79 Å². The van der Waals surface area contributed by atoms with Gasteiger partial charge >= 0.3 is 0 Å². The van der Waals surface area contributed by atoms with Crippen LogP contribution in [0.15, 0.2) is 48.7 Å². The summed E-state index contributed by atoms with van der Waals surface area (Å²) in [5, 5.41) is 3.75. The van der Waals surface area contributed by atoms with Gasteiger partial charge in [-0.2, -0.15) is 0 Å². The van der Waals surface area contributed by atoms with Crippen molar-refractivity contribution in [2.24, 2.45) is 0 Å². The molecule has 0 fully saturated rings. The SMILES string of the molecule is COc1cc(N(C)c2ccc3nc(C)nc(NCc4cccc(C(F)F)c4F)c3c2)ncc1CC(=O)N(C)C. The summed E-state index contributed by atoms with van der Waals surface area (Å²) in [7, 11) is 6.75. The van der Waals surface area contributed by atoms with Gasteiger partial charge in [0, 0.05) is 62.2 Å². The van der Waals surface area contributed by atoms with Crippen LogP contribution in [0.5, 0.6) is 5.75 Å². The number of benzene rings is 2. The highest BCUT2D eigenvalue weighted by molar-refractivity contribution is 5.92. The number of methoxy groups -OCH3 is 1. The van der Waals surface area contributed by atoms with E-state index < -0.39 is 17.8 Å². The molecule has 2 heterocycles. The summed E-state index contributed by atoms with van der Waals surface area (Å²) in [6, 6.07) is 11.3. The van der Waals surface area contributed by atoms with E-state index in [1.165, 1.54) is 24.1 Å². The van der Waals surface area contributed by atoms with E-state index in [9.17, 15) is 18.0 Å². The summed E-state index contributed by atoms with van der Waals surface area (Å²) in [5.41, 5.74) is 1.56. The number of alkyl halides is 2. The fraction of sp³-hybridized carbons (Fsp3) is 0.286. The standard InChI is InChI=1S/C28H29F3N6O2/c1-16-34-22-10-9-19(37(4)24-13-23(39-5)18(15-32-24)11-25(38)36(2)3)12-21(22)28(35-16)33-14-17-7-6-8-20(26(17)29)27(30)31/h6-10,12-13,15,27H,11,14H2,1-5H3,(H,33,34,35). The van der Waals surface area contributed by atoms with Gasteiger partial charge in [0.05, 0.1) is 24.6 Å². The lowest BCUT2D eigenvalue weighted by molar-refractivity contribution is -0.128. The van der Waals surface area contributed by atoms with Crippen molar-refractivity contribution >= 4 is 34.1 Å². The number of ether oxygens (including phenoxy) is 1. The molecule has 0 radical (unpaired) electrons. The van der Waals surface area contributed by atoms with Gasteiger partial charge in [-0.05, 0) is 25.1 Å². The van der Waals surface area contributed by atoms with E-state index in [0.717, 1.165) is 11.8 Å². The maximum absolute atomic E-state index is 14.6. The molecule has 1 N–H and O–H groups in total. The van der Waals surface area contributed by atoms with Crippen LogP contribution in [-0.2, 0) is 17.8 Å². The molecular weight excluding hydrogens is 509 g/mol. The Hall–Kier alpha value is -4.41. The van der Waals surface area contributed by atoms with E-state index >= 15 is 0 Å². The Morgan fingerprint density at radius 1 is 1.08 bits per heavy atom. The first-order chi connectivity index (χ1) is 18.6. The third-order valence-electron chi connectivity index (χ3n) is 6.30. The Bertz CT molecular complexity index is 1510. The zero-order chi connectivity index (χ0) is 28.3. The van der Waals surface area contributed by atoms with Gasteiger partial charge in [0.25, 0.3) is 6.43 Å². The minimum absolute atomic E-state index is 0.0378. The predicted octanol–water partition coefficient (Wildman–Crippen LogP) is 5.43. The minimum atomic E-state index is -2.90. The number of pyridine rings is 1. The maximum atomic E-state index is 14.6. The third kappa shape index (κ3) is 6.02. The molecule has 0 aliphatic rings. The molecule has 2 aromatic carbocycles. The number of fused-ring (bicyclic) bond motifs is 1. The van der Waals surface area contributed by atoms with Gasteiger partial charge in [-0.15, -0.1) is 0 Å². The molecule has 1 amide bonds. The minimum Gasteiger partial charge on any atom is -0.496 e. The Labute approximate surface area is 224 Å². The molecular formula is C28H29F3N6O2. The van der Waals surface area contributed by atoms with E-state index in [-0.39, 0.29) is 24.4 Å².